The monoisotopic (exact) mass is 446 g/mol. The maximum absolute atomic E-state index is 12.7. The molecule has 0 radical (unpaired) electrons. The molecule has 1 saturated heterocycles. The summed E-state index contributed by atoms with van der Waals surface area (Å²) in [5, 5.41) is 2.99. The summed E-state index contributed by atoms with van der Waals surface area (Å²) in [6.45, 7) is 2.09. The van der Waals surface area contributed by atoms with Gasteiger partial charge in [-0.1, -0.05) is 36.4 Å². The third kappa shape index (κ3) is 6.25. The van der Waals surface area contributed by atoms with E-state index in [0.717, 1.165) is 37.3 Å². The van der Waals surface area contributed by atoms with Gasteiger partial charge >= 0.3 is 0 Å². The fourth-order valence-electron chi connectivity index (χ4n) is 4.19. The van der Waals surface area contributed by atoms with Crippen LogP contribution in [-0.4, -0.2) is 43.0 Å². The molecule has 33 heavy (non-hydrogen) atoms. The van der Waals surface area contributed by atoms with Crippen molar-refractivity contribution in [3.8, 4) is 5.75 Å². The SMILES string of the molecule is O=C(NCCC(c1ccccc1)c1ccco1)c1cccc(OCC(=O)N2CCCCC2)c1. The molecule has 1 aliphatic rings. The lowest BCUT2D eigenvalue weighted by Gasteiger charge is -2.26. The predicted octanol–water partition coefficient (Wildman–Crippen LogP) is 4.62. The van der Waals surface area contributed by atoms with Crippen molar-refractivity contribution < 1.29 is 18.7 Å². The maximum Gasteiger partial charge on any atom is 0.260 e. The molecule has 1 atom stereocenters. The molecule has 0 aliphatic carbocycles. The van der Waals surface area contributed by atoms with Crippen LogP contribution >= 0.6 is 0 Å². The summed E-state index contributed by atoms with van der Waals surface area (Å²) < 4.78 is 11.3. The summed E-state index contributed by atoms with van der Waals surface area (Å²) in [6, 6.07) is 20.9. The molecule has 6 nitrogen and oxygen atoms in total. The Morgan fingerprint density at radius 2 is 1.79 bits per heavy atom. The number of nitrogens with one attached hydrogen (secondary N) is 1. The van der Waals surface area contributed by atoms with Crippen LogP contribution in [0, 0.1) is 0 Å². The van der Waals surface area contributed by atoms with Crippen molar-refractivity contribution in [1.29, 1.82) is 0 Å². The summed E-state index contributed by atoms with van der Waals surface area (Å²) in [5.74, 6) is 1.29. The Bertz CT molecular complexity index is 1030. The second-order valence-electron chi connectivity index (χ2n) is 8.28. The zero-order valence-electron chi connectivity index (χ0n) is 18.7. The molecule has 0 bridgehead atoms. The van der Waals surface area contributed by atoms with Crippen molar-refractivity contribution in [2.75, 3.05) is 26.2 Å². The number of carbonyl (C=O) groups is 2. The van der Waals surface area contributed by atoms with Crippen LogP contribution in [-0.2, 0) is 4.79 Å². The molecule has 1 N–H and O–H groups in total. The third-order valence-electron chi connectivity index (χ3n) is 5.97. The van der Waals surface area contributed by atoms with Crippen molar-refractivity contribution >= 4 is 11.8 Å². The Morgan fingerprint density at radius 1 is 0.970 bits per heavy atom. The highest BCUT2D eigenvalue weighted by atomic mass is 16.5. The summed E-state index contributed by atoms with van der Waals surface area (Å²) >= 11 is 0. The minimum absolute atomic E-state index is 0.00515. The van der Waals surface area contributed by atoms with E-state index in [1.165, 1.54) is 6.42 Å². The van der Waals surface area contributed by atoms with E-state index in [1.807, 2.05) is 35.2 Å². The van der Waals surface area contributed by atoms with Gasteiger partial charge in [-0.2, -0.15) is 0 Å². The standard InChI is InChI=1S/C27H30N2O4/c30-26(29-16-5-2-6-17-29)20-33-23-12-7-11-22(19-23)27(31)28-15-14-24(25-13-8-18-32-25)21-9-3-1-4-10-21/h1,3-4,7-13,18-19,24H,2,5-6,14-17,20H2,(H,28,31). The minimum atomic E-state index is -0.172. The highest BCUT2D eigenvalue weighted by Gasteiger charge is 2.18. The van der Waals surface area contributed by atoms with Crippen molar-refractivity contribution in [3.63, 3.8) is 0 Å². The molecule has 1 unspecified atom stereocenters. The molecule has 2 heterocycles. The molecule has 1 fully saturated rings. The third-order valence-corrected chi connectivity index (χ3v) is 5.97. The summed E-state index contributed by atoms with van der Waals surface area (Å²) in [5.41, 5.74) is 1.66. The van der Waals surface area contributed by atoms with Gasteiger partial charge < -0.3 is 19.4 Å². The number of piperidine rings is 1. The minimum Gasteiger partial charge on any atom is -0.484 e. The van der Waals surface area contributed by atoms with Crippen molar-refractivity contribution in [2.24, 2.45) is 0 Å². The van der Waals surface area contributed by atoms with Gasteiger partial charge in [0.2, 0.25) is 0 Å². The van der Waals surface area contributed by atoms with Gasteiger partial charge in [-0.05, 0) is 61.6 Å². The molecular formula is C27H30N2O4. The number of amides is 2. The fourth-order valence-corrected chi connectivity index (χ4v) is 4.19. The topological polar surface area (TPSA) is 71.8 Å². The number of carbonyl (C=O) groups excluding carboxylic acids is 2. The van der Waals surface area contributed by atoms with Crippen LogP contribution < -0.4 is 10.1 Å². The van der Waals surface area contributed by atoms with E-state index in [4.69, 9.17) is 9.15 Å². The lowest BCUT2D eigenvalue weighted by atomic mass is 9.93. The second kappa shape index (κ2) is 11.4. The number of nitrogens with zero attached hydrogens (tertiary/aromatic N) is 1. The van der Waals surface area contributed by atoms with E-state index in [0.29, 0.717) is 24.3 Å². The number of rotatable bonds is 9. The number of hydrogen-bond acceptors (Lipinski definition) is 4. The summed E-state index contributed by atoms with van der Waals surface area (Å²) in [6.07, 6.45) is 5.66. The maximum atomic E-state index is 12.7. The molecule has 4 rings (SSSR count). The first-order chi connectivity index (χ1) is 16.2. The first-order valence-corrected chi connectivity index (χ1v) is 11.6. The Hall–Kier alpha value is -3.54. The average molecular weight is 447 g/mol. The summed E-state index contributed by atoms with van der Waals surface area (Å²) in [7, 11) is 0. The fraction of sp³-hybridized carbons (Fsp3) is 0.333. The first kappa shape index (κ1) is 22.6. The van der Waals surface area contributed by atoms with E-state index in [9.17, 15) is 9.59 Å². The molecule has 0 saturated carbocycles. The number of likely N-dealkylation sites (tertiary alicyclic amines) is 1. The molecule has 3 aromatic rings. The molecule has 172 valence electrons. The molecule has 2 amide bonds. The Kier molecular flexibility index (Phi) is 7.80. The highest BCUT2D eigenvalue weighted by molar-refractivity contribution is 5.94. The number of hydrogen-bond donors (Lipinski definition) is 1. The van der Waals surface area contributed by atoms with E-state index in [1.54, 1.807) is 30.5 Å². The van der Waals surface area contributed by atoms with Gasteiger partial charge in [0.25, 0.3) is 11.8 Å². The molecular weight excluding hydrogens is 416 g/mol. The quantitative estimate of drug-likeness (QED) is 0.521. The Morgan fingerprint density at radius 3 is 2.55 bits per heavy atom. The van der Waals surface area contributed by atoms with Crippen LogP contribution in [0.4, 0.5) is 0 Å². The largest absolute Gasteiger partial charge is 0.484 e. The van der Waals surface area contributed by atoms with E-state index in [2.05, 4.69) is 17.4 Å². The van der Waals surface area contributed by atoms with Gasteiger partial charge in [0.1, 0.15) is 11.5 Å². The van der Waals surface area contributed by atoms with Gasteiger partial charge in [-0.25, -0.2) is 0 Å². The van der Waals surface area contributed by atoms with E-state index >= 15 is 0 Å². The number of furan rings is 1. The molecule has 0 spiro atoms. The lowest BCUT2D eigenvalue weighted by molar-refractivity contribution is -0.134. The van der Waals surface area contributed by atoms with E-state index in [-0.39, 0.29) is 24.3 Å². The van der Waals surface area contributed by atoms with Gasteiger partial charge in [-0.15, -0.1) is 0 Å². The van der Waals surface area contributed by atoms with Crippen molar-refractivity contribution in [1.82, 2.24) is 10.2 Å². The number of benzene rings is 2. The zero-order valence-corrected chi connectivity index (χ0v) is 18.7. The predicted molar refractivity (Wildman–Crippen MR) is 126 cm³/mol. The highest BCUT2D eigenvalue weighted by Crippen LogP contribution is 2.28. The lowest BCUT2D eigenvalue weighted by Crippen LogP contribution is -2.38. The second-order valence-corrected chi connectivity index (χ2v) is 8.28. The zero-order chi connectivity index (χ0) is 22.9. The molecule has 6 heteroatoms. The molecule has 2 aromatic carbocycles. The van der Waals surface area contributed by atoms with Gasteiger partial charge in [0, 0.05) is 31.1 Å². The Labute approximate surface area is 194 Å². The van der Waals surface area contributed by atoms with Crippen molar-refractivity contribution in [2.45, 2.75) is 31.6 Å². The normalized spacial score (nSPS) is 14.5. The van der Waals surface area contributed by atoms with Crippen molar-refractivity contribution in [3.05, 3.63) is 89.9 Å². The average Bonchev–Trinajstić information content (AvgIpc) is 3.41. The molecule has 1 aliphatic heterocycles. The molecule has 1 aromatic heterocycles. The van der Waals surface area contributed by atoms with Gasteiger partial charge in [0.15, 0.2) is 6.61 Å². The number of ether oxygens (including phenoxy) is 1. The Balaban J connectivity index is 1.30. The summed E-state index contributed by atoms with van der Waals surface area (Å²) in [4.78, 5) is 26.9. The van der Waals surface area contributed by atoms with E-state index < -0.39 is 0 Å². The smallest absolute Gasteiger partial charge is 0.260 e. The van der Waals surface area contributed by atoms with Crippen LogP contribution in [0.2, 0.25) is 0 Å². The van der Waals surface area contributed by atoms with Gasteiger partial charge in [-0.3, -0.25) is 9.59 Å². The van der Waals surface area contributed by atoms with Crippen LogP contribution in [0.15, 0.2) is 77.4 Å². The first-order valence-electron chi connectivity index (χ1n) is 11.6. The van der Waals surface area contributed by atoms with Crippen LogP contribution in [0.3, 0.4) is 0 Å². The van der Waals surface area contributed by atoms with Crippen LogP contribution in [0.5, 0.6) is 5.75 Å². The van der Waals surface area contributed by atoms with Gasteiger partial charge in [0.05, 0.1) is 6.26 Å². The van der Waals surface area contributed by atoms with Crippen LogP contribution in [0.1, 0.15) is 53.3 Å². The van der Waals surface area contributed by atoms with Crippen LogP contribution in [0.25, 0.3) is 0 Å².